The second kappa shape index (κ2) is 9.19. The number of rotatable bonds is 5. The van der Waals surface area contributed by atoms with Gasteiger partial charge in [-0.2, -0.15) is 0 Å². The summed E-state index contributed by atoms with van der Waals surface area (Å²) in [6, 6.07) is 40.1. The van der Waals surface area contributed by atoms with Crippen molar-refractivity contribution in [2.24, 2.45) is 0 Å². The molecule has 0 spiro atoms. The zero-order chi connectivity index (χ0) is 18.5. The molecule has 0 saturated carbocycles. The topological polar surface area (TPSA) is 20.2 Å². The van der Waals surface area contributed by atoms with E-state index in [4.69, 9.17) is 0 Å². The van der Waals surface area contributed by atoms with E-state index in [1.807, 2.05) is 18.2 Å². The summed E-state index contributed by atoms with van der Waals surface area (Å²) >= 11 is 0. The van der Waals surface area contributed by atoms with Crippen LogP contribution in [-0.4, -0.2) is 5.11 Å². The molecular formula is C25H24BrOP. The van der Waals surface area contributed by atoms with Crippen molar-refractivity contribution in [2.75, 3.05) is 0 Å². The third kappa shape index (κ3) is 3.90. The molecular weight excluding hydrogens is 427 g/mol. The minimum absolute atomic E-state index is 0. The van der Waals surface area contributed by atoms with Crippen LogP contribution in [0.4, 0.5) is 0 Å². The molecule has 4 aromatic rings. The van der Waals surface area contributed by atoms with Crippen molar-refractivity contribution in [1.82, 2.24) is 0 Å². The van der Waals surface area contributed by atoms with Crippen LogP contribution in [0.3, 0.4) is 0 Å². The average molecular weight is 451 g/mol. The Labute approximate surface area is 177 Å². The van der Waals surface area contributed by atoms with Crippen LogP contribution in [0, 0.1) is 0 Å². The third-order valence-electron chi connectivity index (χ3n) is 5.25. The Kier molecular flexibility index (Phi) is 6.67. The van der Waals surface area contributed by atoms with Gasteiger partial charge in [-0.3, -0.25) is 0 Å². The second-order valence-corrected chi connectivity index (χ2v) is 10.7. The van der Waals surface area contributed by atoms with Crippen molar-refractivity contribution in [2.45, 2.75) is 6.16 Å². The van der Waals surface area contributed by atoms with Gasteiger partial charge in [-0.05, 0) is 0 Å². The van der Waals surface area contributed by atoms with Crippen LogP contribution < -0.4 is 15.9 Å². The van der Waals surface area contributed by atoms with Crippen molar-refractivity contribution in [3.63, 3.8) is 0 Å². The van der Waals surface area contributed by atoms with Gasteiger partial charge in [0.15, 0.2) is 0 Å². The van der Waals surface area contributed by atoms with E-state index in [1.54, 1.807) is 6.07 Å². The minimum atomic E-state index is -2.36. The van der Waals surface area contributed by atoms with Gasteiger partial charge in [-0.15, -0.1) is 17.0 Å². The molecule has 0 aromatic heterocycles. The number of phenols is 1. The molecule has 0 aliphatic rings. The Morgan fingerprint density at radius 2 is 0.857 bits per heavy atom. The average Bonchev–Trinajstić information content (AvgIpc) is 2.75. The molecule has 0 atom stereocenters. The van der Waals surface area contributed by atoms with Crippen molar-refractivity contribution in [3.05, 3.63) is 121 Å². The van der Waals surface area contributed by atoms with E-state index in [2.05, 4.69) is 91.0 Å². The maximum absolute atomic E-state index is 10.5. The van der Waals surface area contributed by atoms with Gasteiger partial charge in [0.25, 0.3) is 0 Å². The Balaban J connectivity index is 0.00000225. The summed E-state index contributed by atoms with van der Waals surface area (Å²) in [5.41, 5.74) is 1.00. The number of hydrogen-bond acceptors (Lipinski definition) is 1. The van der Waals surface area contributed by atoms with Gasteiger partial charge in [0.2, 0.25) is 0 Å². The van der Waals surface area contributed by atoms with E-state index in [0.717, 1.165) is 11.7 Å². The molecule has 0 aliphatic carbocycles. The molecule has 4 rings (SSSR count). The fraction of sp³-hybridized carbons (Fsp3) is 0.0400. The predicted octanol–water partition coefficient (Wildman–Crippen LogP) is 5.20. The van der Waals surface area contributed by atoms with Crippen LogP contribution in [-0.2, 0) is 6.16 Å². The Morgan fingerprint density at radius 3 is 1.25 bits per heavy atom. The summed E-state index contributed by atoms with van der Waals surface area (Å²) in [6.07, 6.45) is 0.817. The van der Waals surface area contributed by atoms with Crippen LogP contribution in [0.1, 0.15) is 5.56 Å². The molecule has 0 fully saturated rings. The summed E-state index contributed by atoms with van der Waals surface area (Å²) < 4.78 is 0. The molecule has 0 heterocycles. The molecule has 142 valence electrons. The van der Waals surface area contributed by atoms with Gasteiger partial charge >= 0.3 is 161 Å². The fourth-order valence-electron chi connectivity index (χ4n) is 3.92. The fourth-order valence-corrected chi connectivity index (χ4v) is 8.69. The van der Waals surface area contributed by atoms with Gasteiger partial charge in [-0.1, -0.05) is 0 Å². The molecule has 0 radical (unpaired) electrons. The quantitative estimate of drug-likeness (QED) is 0.414. The van der Waals surface area contributed by atoms with Crippen molar-refractivity contribution >= 4 is 40.2 Å². The summed E-state index contributed by atoms with van der Waals surface area (Å²) in [6.45, 7) is 0. The van der Waals surface area contributed by atoms with Gasteiger partial charge in [0.1, 0.15) is 0 Å². The Bertz CT molecular complexity index is 907. The van der Waals surface area contributed by atoms with E-state index < -0.39 is 7.26 Å². The molecule has 0 aliphatic heterocycles. The first-order chi connectivity index (χ1) is 13.3. The van der Waals surface area contributed by atoms with Crippen molar-refractivity contribution in [3.8, 4) is 5.75 Å². The molecule has 0 amide bonds. The summed E-state index contributed by atoms with van der Waals surface area (Å²) in [5, 5.41) is 14.6. The monoisotopic (exact) mass is 450 g/mol. The summed E-state index contributed by atoms with van der Waals surface area (Å²) in [7, 11) is -2.36. The molecule has 1 nitrogen and oxygen atoms in total. The van der Waals surface area contributed by atoms with Gasteiger partial charge in [0, 0.05) is 0 Å². The van der Waals surface area contributed by atoms with Crippen molar-refractivity contribution in [1.29, 1.82) is 0 Å². The number of halogens is 1. The first kappa shape index (κ1) is 20.3. The molecule has 0 bridgehead atoms. The van der Waals surface area contributed by atoms with E-state index >= 15 is 0 Å². The number of hydrogen-bond donors (Lipinski definition) is 1. The molecule has 28 heavy (non-hydrogen) atoms. The number of aromatic hydroxyl groups is 1. The van der Waals surface area contributed by atoms with Crippen LogP contribution in [0.2, 0.25) is 0 Å². The second-order valence-electron chi connectivity index (χ2n) is 6.81. The zero-order valence-corrected chi connectivity index (χ0v) is 18.2. The van der Waals surface area contributed by atoms with Gasteiger partial charge < -0.3 is 0 Å². The molecule has 0 saturated heterocycles. The van der Waals surface area contributed by atoms with Crippen molar-refractivity contribution < 1.29 is 5.11 Å². The van der Waals surface area contributed by atoms with Crippen LogP contribution >= 0.6 is 24.2 Å². The Hall–Kier alpha value is -2.41. The summed E-state index contributed by atoms with van der Waals surface area (Å²) in [5.74, 6) is 0.372. The first-order valence-corrected chi connectivity index (χ1v) is 11.4. The van der Waals surface area contributed by atoms with E-state index in [-0.39, 0.29) is 17.0 Å². The van der Waals surface area contributed by atoms with Gasteiger partial charge in [0.05, 0.1) is 0 Å². The third-order valence-corrected chi connectivity index (χ3v) is 10.1. The maximum atomic E-state index is 10.5. The van der Waals surface area contributed by atoms with Crippen LogP contribution in [0.5, 0.6) is 5.75 Å². The first-order valence-electron chi connectivity index (χ1n) is 9.24. The zero-order valence-electron chi connectivity index (χ0n) is 15.5. The normalized spacial score (nSPS) is 11.4. The number of phenolic OH excluding ortho intramolecular Hbond substituents is 1. The SMILES string of the molecule is Br.Oc1ccccc1C[PH](c1ccccc1)(c1ccccc1)c1ccccc1. The summed E-state index contributed by atoms with van der Waals surface area (Å²) in [4.78, 5) is 0. The molecule has 0 unspecified atom stereocenters. The van der Waals surface area contributed by atoms with E-state index in [1.165, 1.54) is 15.9 Å². The predicted molar refractivity (Wildman–Crippen MR) is 129 cm³/mol. The van der Waals surface area contributed by atoms with E-state index in [9.17, 15) is 5.11 Å². The number of benzene rings is 4. The van der Waals surface area contributed by atoms with Crippen LogP contribution in [0.15, 0.2) is 115 Å². The standard InChI is InChI=1S/C25H23OP.BrH/c26-25-19-11-10-12-21(25)20-27(22-13-4-1-5-14-22,23-15-6-2-7-16-23)24-17-8-3-9-18-24;/h1-19,26-27H,20H2;1H. The molecule has 4 aromatic carbocycles. The molecule has 1 N–H and O–H groups in total. The Morgan fingerprint density at radius 1 is 0.500 bits per heavy atom. The van der Waals surface area contributed by atoms with Crippen LogP contribution in [0.25, 0.3) is 0 Å². The number of para-hydroxylation sites is 1. The molecule has 3 heteroatoms. The van der Waals surface area contributed by atoms with E-state index in [0.29, 0.717) is 5.75 Å². The van der Waals surface area contributed by atoms with Gasteiger partial charge in [-0.25, -0.2) is 0 Å².